The molecule has 1 aromatic rings. The third-order valence-electron chi connectivity index (χ3n) is 2.12. The summed E-state index contributed by atoms with van der Waals surface area (Å²) in [6, 6.07) is 3.34. The highest BCUT2D eigenvalue weighted by atomic mass is 79.9. The third-order valence-corrected chi connectivity index (χ3v) is 3.37. The molecule has 0 fully saturated rings. The van der Waals surface area contributed by atoms with Gasteiger partial charge in [0, 0.05) is 10.2 Å². The molecule has 1 atom stereocenters. The first-order chi connectivity index (χ1) is 6.91. The standard InChI is InChI=1S/C11H15BrN2O.ClH/c1-6-4-9(5-7(2)10(6)12)14-11(15)8(3)13;/h4-5,8H,13H2,1-3H3,(H,14,15);1H/t8-;/m1./s1. The number of aryl methyl sites for hydroxylation is 2. The molecule has 3 N–H and O–H groups in total. The van der Waals surface area contributed by atoms with Gasteiger partial charge in [-0.1, -0.05) is 15.9 Å². The van der Waals surface area contributed by atoms with E-state index < -0.39 is 6.04 Å². The van der Waals surface area contributed by atoms with Gasteiger partial charge in [0.15, 0.2) is 0 Å². The summed E-state index contributed by atoms with van der Waals surface area (Å²) < 4.78 is 1.07. The van der Waals surface area contributed by atoms with Gasteiger partial charge in [0.1, 0.15) is 0 Å². The summed E-state index contributed by atoms with van der Waals surface area (Å²) in [5.41, 5.74) is 8.44. The van der Waals surface area contributed by atoms with Crippen LogP contribution >= 0.6 is 28.3 Å². The van der Waals surface area contributed by atoms with Crippen molar-refractivity contribution in [2.75, 3.05) is 5.32 Å². The van der Waals surface area contributed by atoms with Crippen molar-refractivity contribution < 1.29 is 4.79 Å². The van der Waals surface area contributed by atoms with Gasteiger partial charge in [-0.25, -0.2) is 0 Å². The number of anilines is 1. The van der Waals surface area contributed by atoms with E-state index in [0.29, 0.717) is 0 Å². The van der Waals surface area contributed by atoms with E-state index in [0.717, 1.165) is 21.3 Å². The van der Waals surface area contributed by atoms with Crippen LogP contribution in [0.5, 0.6) is 0 Å². The van der Waals surface area contributed by atoms with Crippen LogP contribution in [0.4, 0.5) is 5.69 Å². The number of hydrogen-bond donors (Lipinski definition) is 2. The van der Waals surface area contributed by atoms with E-state index in [1.54, 1.807) is 6.92 Å². The molecule has 1 rings (SSSR count). The minimum atomic E-state index is -0.491. The predicted octanol–water partition coefficient (Wildman–Crippen LogP) is 2.77. The lowest BCUT2D eigenvalue weighted by molar-refractivity contribution is -0.117. The summed E-state index contributed by atoms with van der Waals surface area (Å²) in [6.45, 7) is 5.63. The van der Waals surface area contributed by atoms with E-state index >= 15 is 0 Å². The Morgan fingerprint density at radius 1 is 1.38 bits per heavy atom. The lowest BCUT2D eigenvalue weighted by atomic mass is 10.1. The number of carbonyl (C=O) groups is 1. The Balaban J connectivity index is 0.00000225. The monoisotopic (exact) mass is 306 g/mol. The Kier molecular flexibility index (Phi) is 6.00. The van der Waals surface area contributed by atoms with Crippen molar-refractivity contribution in [1.29, 1.82) is 0 Å². The van der Waals surface area contributed by atoms with Crippen molar-refractivity contribution >= 4 is 39.9 Å². The van der Waals surface area contributed by atoms with Crippen LogP contribution in [0.1, 0.15) is 18.1 Å². The molecule has 16 heavy (non-hydrogen) atoms. The Labute approximate surface area is 110 Å². The normalized spacial score (nSPS) is 11.6. The van der Waals surface area contributed by atoms with Gasteiger partial charge in [0.05, 0.1) is 6.04 Å². The second-order valence-electron chi connectivity index (χ2n) is 3.70. The molecule has 5 heteroatoms. The van der Waals surface area contributed by atoms with Gasteiger partial charge < -0.3 is 11.1 Å². The number of nitrogens with two attached hydrogens (primary N) is 1. The van der Waals surface area contributed by atoms with Crippen LogP contribution in [0.25, 0.3) is 0 Å². The Hall–Kier alpha value is -0.580. The maximum Gasteiger partial charge on any atom is 0.240 e. The van der Waals surface area contributed by atoms with Crippen molar-refractivity contribution in [3.05, 3.63) is 27.7 Å². The molecular formula is C11H16BrClN2O. The highest BCUT2D eigenvalue weighted by molar-refractivity contribution is 9.10. The van der Waals surface area contributed by atoms with Gasteiger partial charge in [-0.05, 0) is 44.0 Å². The molecule has 1 aromatic carbocycles. The first-order valence-electron chi connectivity index (χ1n) is 4.75. The highest BCUT2D eigenvalue weighted by Crippen LogP contribution is 2.24. The second kappa shape index (κ2) is 6.23. The summed E-state index contributed by atoms with van der Waals surface area (Å²) in [4.78, 5) is 11.4. The number of rotatable bonds is 2. The zero-order chi connectivity index (χ0) is 11.6. The zero-order valence-electron chi connectivity index (χ0n) is 9.50. The van der Waals surface area contributed by atoms with E-state index in [9.17, 15) is 4.79 Å². The summed E-state index contributed by atoms with van der Waals surface area (Å²) in [5, 5.41) is 2.77. The molecule has 0 aliphatic rings. The van der Waals surface area contributed by atoms with Crippen molar-refractivity contribution in [2.45, 2.75) is 26.8 Å². The summed E-state index contributed by atoms with van der Waals surface area (Å²) in [6.07, 6.45) is 0. The molecule has 0 aromatic heterocycles. The third kappa shape index (κ3) is 3.77. The van der Waals surface area contributed by atoms with Crippen LogP contribution in [-0.2, 0) is 4.79 Å². The van der Waals surface area contributed by atoms with Gasteiger partial charge in [-0.2, -0.15) is 0 Å². The van der Waals surface area contributed by atoms with Crippen molar-refractivity contribution in [2.24, 2.45) is 5.73 Å². The SMILES string of the molecule is Cc1cc(NC(=O)[C@@H](C)N)cc(C)c1Br.Cl. The summed E-state index contributed by atoms with van der Waals surface area (Å²) >= 11 is 3.47. The molecule has 0 aliphatic heterocycles. The Bertz CT molecular complexity index is 371. The molecule has 0 aliphatic carbocycles. The van der Waals surface area contributed by atoms with Gasteiger partial charge in [-0.3, -0.25) is 4.79 Å². The highest BCUT2D eigenvalue weighted by Gasteiger charge is 2.09. The molecule has 0 saturated carbocycles. The van der Waals surface area contributed by atoms with Crippen LogP contribution in [0.15, 0.2) is 16.6 Å². The van der Waals surface area contributed by atoms with Crippen LogP contribution in [0, 0.1) is 13.8 Å². The van der Waals surface area contributed by atoms with Crippen LogP contribution in [0.3, 0.4) is 0 Å². The Morgan fingerprint density at radius 3 is 2.19 bits per heavy atom. The minimum absolute atomic E-state index is 0. The maximum absolute atomic E-state index is 11.4. The van der Waals surface area contributed by atoms with Crippen molar-refractivity contribution in [3.63, 3.8) is 0 Å². The first kappa shape index (κ1) is 15.4. The van der Waals surface area contributed by atoms with Crippen molar-refractivity contribution in [3.8, 4) is 0 Å². The number of carbonyl (C=O) groups excluding carboxylic acids is 1. The van der Waals surface area contributed by atoms with Crippen LogP contribution < -0.4 is 11.1 Å². The molecule has 90 valence electrons. The molecule has 0 radical (unpaired) electrons. The van der Waals surface area contributed by atoms with Crippen LogP contribution in [0.2, 0.25) is 0 Å². The second-order valence-corrected chi connectivity index (χ2v) is 4.49. The fourth-order valence-electron chi connectivity index (χ4n) is 1.27. The molecule has 0 saturated heterocycles. The van der Waals surface area contributed by atoms with Gasteiger partial charge >= 0.3 is 0 Å². The number of amides is 1. The average molecular weight is 308 g/mol. The fraction of sp³-hybridized carbons (Fsp3) is 0.364. The lowest BCUT2D eigenvalue weighted by Crippen LogP contribution is -2.32. The number of hydrogen-bond acceptors (Lipinski definition) is 2. The minimum Gasteiger partial charge on any atom is -0.325 e. The van der Waals surface area contributed by atoms with E-state index in [4.69, 9.17) is 5.73 Å². The van der Waals surface area contributed by atoms with E-state index in [-0.39, 0.29) is 18.3 Å². The predicted molar refractivity (Wildman–Crippen MR) is 73.1 cm³/mol. The zero-order valence-corrected chi connectivity index (χ0v) is 11.9. The van der Waals surface area contributed by atoms with E-state index in [1.807, 2.05) is 26.0 Å². The average Bonchev–Trinajstić information content (AvgIpc) is 2.13. The molecule has 0 heterocycles. The largest absolute Gasteiger partial charge is 0.325 e. The van der Waals surface area contributed by atoms with Gasteiger partial charge in [0.25, 0.3) is 0 Å². The number of halogens is 2. The quantitative estimate of drug-likeness (QED) is 0.883. The molecule has 1 amide bonds. The van der Waals surface area contributed by atoms with Crippen LogP contribution in [-0.4, -0.2) is 11.9 Å². The molecule has 0 spiro atoms. The van der Waals surface area contributed by atoms with Crippen molar-refractivity contribution in [1.82, 2.24) is 0 Å². The maximum atomic E-state index is 11.4. The molecule has 0 bridgehead atoms. The summed E-state index contributed by atoms with van der Waals surface area (Å²) in [5.74, 6) is -0.170. The first-order valence-corrected chi connectivity index (χ1v) is 5.54. The van der Waals surface area contributed by atoms with E-state index in [2.05, 4.69) is 21.2 Å². The summed E-state index contributed by atoms with van der Waals surface area (Å²) in [7, 11) is 0. The lowest BCUT2D eigenvalue weighted by Gasteiger charge is -2.11. The smallest absolute Gasteiger partial charge is 0.240 e. The Morgan fingerprint density at radius 2 is 1.81 bits per heavy atom. The number of benzene rings is 1. The van der Waals surface area contributed by atoms with E-state index in [1.165, 1.54) is 0 Å². The number of nitrogens with one attached hydrogen (secondary N) is 1. The topological polar surface area (TPSA) is 55.1 Å². The molecule has 3 nitrogen and oxygen atoms in total. The van der Waals surface area contributed by atoms with Gasteiger partial charge in [-0.15, -0.1) is 12.4 Å². The molecule has 0 unspecified atom stereocenters. The fourth-order valence-corrected chi connectivity index (χ4v) is 1.50. The van der Waals surface area contributed by atoms with Gasteiger partial charge in [0.2, 0.25) is 5.91 Å². The molecular weight excluding hydrogens is 291 g/mol.